The van der Waals surface area contributed by atoms with Crippen LogP contribution in [0.2, 0.25) is 0 Å². The fourth-order valence-electron chi connectivity index (χ4n) is 1.36. The highest BCUT2D eigenvalue weighted by atomic mass is 32.1. The molecule has 0 bridgehead atoms. The highest BCUT2D eigenvalue weighted by molar-refractivity contribution is 7.09. The van der Waals surface area contributed by atoms with E-state index < -0.39 is 0 Å². The van der Waals surface area contributed by atoms with Crippen molar-refractivity contribution < 1.29 is 0 Å². The lowest BCUT2D eigenvalue weighted by molar-refractivity contribution is 0.645. The van der Waals surface area contributed by atoms with Gasteiger partial charge in [0, 0.05) is 11.1 Å². The summed E-state index contributed by atoms with van der Waals surface area (Å²) < 4.78 is 0. The molecule has 0 aliphatic heterocycles. The van der Waals surface area contributed by atoms with E-state index in [9.17, 15) is 0 Å². The van der Waals surface area contributed by atoms with Gasteiger partial charge in [0.1, 0.15) is 0 Å². The molecular formula is C10H11N3S. The average molecular weight is 205 g/mol. The third-order valence-corrected chi connectivity index (χ3v) is 2.88. The van der Waals surface area contributed by atoms with Crippen LogP contribution in [-0.4, -0.2) is 4.98 Å². The summed E-state index contributed by atoms with van der Waals surface area (Å²) in [7, 11) is 0. The van der Waals surface area contributed by atoms with Gasteiger partial charge in [-0.25, -0.2) is 5.43 Å². The topological polar surface area (TPSA) is 50.9 Å². The van der Waals surface area contributed by atoms with Crippen molar-refractivity contribution in [3.63, 3.8) is 0 Å². The largest absolute Gasteiger partial charge is 0.271 e. The van der Waals surface area contributed by atoms with Crippen molar-refractivity contribution in [2.45, 2.75) is 6.04 Å². The van der Waals surface area contributed by atoms with Crippen molar-refractivity contribution in [2.24, 2.45) is 5.84 Å². The number of benzene rings is 1. The van der Waals surface area contributed by atoms with Crippen molar-refractivity contribution in [3.05, 3.63) is 52.5 Å². The van der Waals surface area contributed by atoms with Crippen LogP contribution in [0.25, 0.3) is 0 Å². The molecule has 1 aromatic carbocycles. The highest BCUT2D eigenvalue weighted by Gasteiger charge is 2.12. The van der Waals surface area contributed by atoms with E-state index in [0.717, 1.165) is 10.4 Å². The number of hydrogen-bond donors (Lipinski definition) is 2. The second-order valence-electron chi connectivity index (χ2n) is 2.91. The molecule has 0 saturated carbocycles. The van der Waals surface area contributed by atoms with Crippen LogP contribution in [0.3, 0.4) is 0 Å². The second kappa shape index (κ2) is 4.32. The minimum Gasteiger partial charge on any atom is -0.271 e. The minimum absolute atomic E-state index is 0.0451. The van der Waals surface area contributed by atoms with Gasteiger partial charge >= 0.3 is 0 Å². The first-order valence-electron chi connectivity index (χ1n) is 4.31. The van der Waals surface area contributed by atoms with E-state index in [1.54, 1.807) is 11.3 Å². The molecule has 72 valence electrons. The summed E-state index contributed by atoms with van der Waals surface area (Å²) in [6.45, 7) is 0. The quantitative estimate of drug-likeness (QED) is 0.592. The first-order valence-corrected chi connectivity index (χ1v) is 5.19. The second-order valence-corrected chi connectivity index (χ2v) is 3.83. The number of nitrogens with two attached hydrogens (primary N) is 1. The van der Waals surface area contributed by atoms with Crippen LogP contribution < -0.4 is 11.3 Å². The van der Waals surface area contributed by atoms with Gasteiger partial charge in [0.25, 0.3) is 0 Å². The van der Waals surface area contributed by atoms with Crippen LogP contribution in [0.4, 0.5) is 0 Å². The number of hydrazine groups is 1. The summed E-state index contributed by atoms with van der Waals surface area (Å²) in [5.41, 5.74) is 5.75. The molecule has 2 rings (SSSR count). The van der Waals surface area contributed by atoms with Crippen LogP contribution in [0.1, 0.15) is 16.5 Å². The molecule has 0 radical (unpaired) electrons. The van der Waals surface area contributed by atoms with Crippen molar-refractivity contribution >= 4 is 11.3 Å². The van der Waals surface area contributed by atoms with Gasteiger partial charge in [-0.05, 0) is 5.56 Å². The Bertz CT molecular complexity index is 372. The van der Waals surface area contributed by atoms with E-state index in [1.807, 2.05) is 42.0 Å². The van der Waals surface area contributed by atoms with E-state index >= 15 is 0 Å². The summed E-state index contributed by atoms with van der Waals surface area (Å²) >= 11 is 1.60. The zero-order valence-electron chi connectivity index (χ0n) is 7.55. The Kier molecular flexibility index (Phi) is 2.88. The lowest BCUT2D eigenvalue weighted by atomic mass is 10.1. The van der Waals surface area contributed by atoms with Gasteiger partial charge in [0.2, 0.25) is 0 Å². The molecule has 3 N–H and O–H groups in total. The Hall–Kier alpha value is -1.23. The van der Waals surface area contributed by atoms with Gasteiger partial charge in [-0.15, -0.1) is 11.3 Å². The number of nitrogens with one attached hydrogen (secondary N) is 1. The molecule has 0 amide bonds. The van der Waals surface area contributed by atoms with E-state index in [-0.39, 0.29) is 6.04 Å². The summed E-state index contributed by atoms with van der Waals surface area (Å²) in [6.07, 6.45) is 1.84. The van der Waals surface area contributed by atoms with Gasteiger partial charge in [-0.3, -0.25) is 10.8 Å². The predicted octanol–water partition coefficient (Wildman–Crippen LogP) is 1.70. The zero-order chi connectivity index (χ0) is 9.80. The molecule has 0 fully saturated rings. The van der Waals surface area contributed by atoms with Crippen molar-refractivity contribution in [3.8, 4) is 0 Å². The first-order chi connectivity index (χ1) is 6.92. The van der Waals surface area contributed by atoms with E-state index in [2.05, 4.69) is 10.4 Å². The fraction of sp³-hybridized carbons (Fsp3) is 0.100. The normalized spacial score (nSPS) is 12.6. The SMILES string of the molecule is NNC(c1ccccc1)c1cncs1. The molecule has 1 unspecified atom stereocenters. The van der Waals surface area contributed by atoms with Crippen molar-refractivity contribution in [1.82, 2.24) is 10.4 Å². The van der Waals surface area contributed by atoms with Gasteiger partial charge < -0.3 is 0 Å². The predicted molar refractivity (Wildman–Crippen MR) is 57.7 cm³/mol. The Morgan fingerprint density at radius 1 is 1.29 bits per heavy atom. The molecule has 0 aliphatic rings. The number of rotatable bonds is 3. The fourth-order valence-corrected chi connectivity index (χ4v) is 2.06. The lowest BCUT2D eigenvalue weighted by Crippen LogP contribution is -2.28. The monoisotopic (exact) mass is 205 g/mol. The zero-order valence-corrected chi connectivity index (χ0v) is 8.37. The number of aromatic nitrogens is 1. The number of nitrogens with zero attached hydrogens (tertiary/aromatic N) is 1. The third kappa shape index (κ3) is 1.82. The molecule has 3 nitrogen and oxygen atoms in total. The van der Waals surface area contributed by atoms with E-state index in [4.69, 9.17) is 5.84 Å². The molecule has 0 spiro atoms. The lowest BCUT2D eigenvalue weighted by Gasteiger charge is -2.13. The molecule has 1 atom stereocenters. The number of thiazole rings is 1. The van der Waals surface area contributed by atoms with E-state index in [1.165, 1.54) is 0 Å². The highest BCUT2D eigenvalue weighted by Crippen LogP contribution is 2.23. The van der Waals surface area contributed by atoms with E-state index in [0.29, 0.717) is 0 Å². The Balaban J connectivity index is 2.31. The smallest absolute Gasteiger partial charge is 0.0818 e. The number of hydrogen-bond acceptors (Lipinski definition) is 4. The molecule has 0 saturated heterocycles. The summed E-state index contributed by atoms with van der Waals surface area (Å²) in [4.78, 5) is 5.16. The standard InChI is InChI=1S/C10H11N3S/c11-13-10(9-6-12-7-14-9)8-4-2-1-3-5-8/h1-7,10,13H,11H2. The molecule has 4 heteroatoms. The van der Waals surface area contributed by atoms with Gasteiger partial charge in [0.05, 0.1) is 11.6 Å². The molecule has 1 heterocycles. The molecule has 0 aliphatic carbocycles. The molecular weight excluding hydrogens is 194 g/mol. The summed E-state index contributed by atoms with van der Waals surface area (Å²) in [6, 6.07) is 10.1. The molecule has 1 aromatic heterocycles. The third-order valence-electron chi connectivity index (χ3n) is 2.04. The van der Waals surface area contributed by atoms with Crippen LogP contribution in [0.15, 0.2) is 42.0 Å². The van der Waals surface area contributed by atoms with Crippen LogP contribution in [-0.2, 0) is 0 Å². The first kappa shape index (κ1) is 9.33. The average Bonchev–Trinajstić information content (AvgIpc) is 2.74. The van der Waals surface area contributed by atoms with Crippen LogP contribution >= 0.6 is 11.3 Å². The Labute approximate surface area is 86.6 Å². The minimum atomic E-state index is 0.0451. The van der Waals surface area contributed by atoms with Crippen LogP contribution in [0, 0.1) is 0 Å². The Morgan fingerprint density at radius 2 is 2.07 bits per heavy atom. The van der Waals surface area contributed by atoms with Gasteiger partial charge in [0.15, 0.2) is 0 Å². The van der Waals surface area contributed by atoms with Crippen molar-refractivity contribution in [1.29, 1.82) is 0 Å². The summed E-state index contributed by atoms with van der Waals surface area (Å²) in [5.74, 6) is 5.52. The van der Waals surface area contributed by atoms with Crippen LogP contribution in [0.5, 0.6) is 0 Å². The maximum absolute atomic E-state index is 5.52. The van der Waals surface area contributed by atoms with Gasteiger partial charge in [-0.2, -0.15) is 0 Å². The molecule has 14 heavy (non-hydrogen) atoms. The van der Waals surface area contributed by atoms with Crippen molar-refractivity contribution in [2.75, 3.05) is 0 Å². The maximum Gasteiger partial charge on any atom is 0.0818 e. The van der Waals surface area contributed by atoms with Gasteiger partial charge in [-0.1, -0.05) is 30.3 Å². The Morgan fingerprint density at radius 3 is 2.64 bits per heavy atom. The maximum atomic E-state index is 5.52. The summed E-state index contributed by atoms with van der Waals surface area (Å²) in [5, 5.41) is 0. The molecule has 2 aromatic rings.